The van der Waals surface area contributed by atoms with Crippen molar-refractivity contribution in [3.05, 3.63) is 28.2 Å². The number of anilines is 1. The molecule has 2 rings (SSSR count). The minimum atomic E-state index is -5.19. The molecule has 1 aliphatic rings. The Bertz CT molecular complexity index is 649. The predicted molar refractivity (Wildman–Crippen MR) is 79.9 cm³/mol. The maximum absolute atomic E-state index is 12.8. The Morgan fingerprint density at radius 3 is 2.52 bits per heavy atom. The van der Waals surface area contributed by atoms with Gasteiger partial charge in [0.2, 0.25) is 0 Å². The Morgan fingerprint density at radius 2 is 1.96 bits per heavy atom. The van der Waals surface area contributed by atoms with Gasteiger partial charge >= 0.3 is 18.3 Å². The fourth-order valence-electron chi connectivity index (χ4n) is 2.74. The molecule has 2 atom stereocenters. The first-order valence-corrected chi connectivity index (χ1v) is 7.81. The number of carbonyl (C=O) groups excluding carboxylic acids is 1. The Balaban J connectivity index is 2.15. The van der Waals surface area contributed by atoms with Crippen LogP contribution in [0.25, 0.3) is 0 Å². The number of rotatable bonds is 4. The number of hydrogen-bond acceptors (Lipinski definition) is 4. The van der Waals surface area contributed by atoms with Gasteiger partial charge in [0.05, 0.1) is 13.0 Å². The lowest BCUT2D eigenvalue weighted by Crippen LogP contribution is -2.43. The monoisotopic (exact) mass is 434 g/mol. The lowest BCUT2D eigenvalue weighted by Gasteiger charge is -2.24. The van der Waals surface area contributed by atoms with E-state index in [9.17, 15) is 31.1 Å². The van der Waals surface area contributed by atoms with Gasteiger partial charge in [0, 0.05) is 22.6 Å². The van der Waals surface area contributed by atoms with Crippen molar-refractivity contribution in [1.29, 1.82) is 0 Å². The van der Waals surface area contributed by atoms with E-state index < -0.39 is 36.9 Å². The summed E-state index contributed by atoms with van der Waals surface area (Å²) in [5, 5.41) is 0. The molecule has 1 heterocycles. The third-order valence-corrected chi connectivity index (χ3v) is 4.28. The highest BCUT2D eigenvalue weighted by molar-refractivity contribution is 9.10. The Hall–Kier alpha value is -1.49. The van der Waals surface area contributed by atoms with Crippen molar-refractivity contribution < 1.29 is 35.9 Å². The first kappa shape index (κ1) is 19.8. The summed E-state index contributed by atoms with van der Waals surface area (Å²) in [6.07, 6.45) is -12.3. The maximum atomic E-state index is 12.8. The zero-order valence-corrected chi connectivity index (χ0v) is 14.1. The fraction of sp³-hybridized carbons (Fsp3) is 0.500. The summed E-state index contributed by atoms with van der Waals surface area (Å²) < 4.78 is 79.4. The van der Waals surface area contributed by atoms with E-state index in [1.807, 2.05) is 0 Å². The van der Waals surface area contributed by atoms with Crippen LogP contribution < -0.4 is 10.6 Å². The molecule has 25 heavy (non-hydrogen) atoms. The number of ether oxygens (including phenoxy) is 1. The third kappa shape index (κ3) is 5.00. The number of nitrogens with zero attached hydrogens (tertiary/aromatic N) is 1. The van der Waals surface area contributed by atoms with E-state index in [-0.39, 0.29) is 13.1 Å². The second-order valence-corrected chi connectivity index (χ2v) is 6.39. The molecule has 4 nitrogen and oxygen atoms in total. The molecular weight excluding hydrogens is 422 g/mol. The molecule has 0 spiro atoms. The van der Waals surface area contributed by atoms with Crippen LogP contribution >= 0.6 is 15.9 Å². The van der Waals surface area contributed by atoms with Crippen molar-refractivity contribution in [2.24, 2.45) is 5.73 Å². The van der Waals surface area contributed by atoms with Crippen LogP contribution in [0, 0.1) is 0 Å². The second kappa shape index (κ2) is 7.02. The standard InChI is InChI=1S/C14H13BrF6N2O2/c15-8-2-1-3-9-11(8)7(4-13(16,17)18)5-23(9)6-10(22)25-12(24)14(19,20)21/h1-3,7,10H,4-6,22H2. The van der Waals surface area contributed by atoms with Gasteiger partial charge in [-0.3, -0.25) is 5.73 Å². The number of benzene rings is 1. The van der Waals surface area contributed by atoms with E-state index in [2.05, 4.69) is 20.7 Å². The summed E-state index contributed by atoms with van der Waals surface area (Å²) in [7, 11) is 0. The maximum Gasteiger partial charge on any atom is 0.490 e. The highest BCUT2D eigenvalue weighted by Gasteiger charge is 2.43. The van der Waals surface area contributed by atoms with Crippen molar-refractivity contribution in [2.75, 3.05) is 18.0 Å². The van der Waals surface area contributed by atoms with Crippen LogP contribution in [0.1, 0.15) is 17.9 Å². The average Bonchev–Trinajstić information content (AvgIpc) is 2.74. The molecule has 1 aromatic rings. The van der Waals surface area contributed by atoms with Gasteiger partial charge in [-0.05, 0) is 17.7 Å². The van der Waals surface area contributed by atoms with E-state index in [1.165, 1.54) is 11.0 Å². The quantitative estimate of drug-likeness (QED) is 0.446. The van der Waals surface area contributed by atoms with Crippen molar-refractivity contribution in [3.8, 4) is 0 Å². The normalized spacial score (nSPS) is 18.9. The molecular formula is C14H13BrF6N2O2. The highest BCUT2D eigenvalue weighted by Crippen LogP contribution is 2.45. The summed E-state index contributed by atoms with van der Waals surface area (Å²) in [5.74, 6) is -3.35. The highest BCUT2D eigenvalue weighted by atomic mass is 79.9. The molecule has 0 amide bonds. The molecule has 2 N–H and O–H groups in total. The average molecular weight is 435 g/mol. The van der Waals surface area contributed by atoms with Gasteiger partial charge in [-0.25, -0.2) is 4.79 Å². The van der Waals surface area contributed by atoms with E-state index in [1.54, 1.807) is 12.1 Å². The number of nitrogens with two attached hydrogens (primary N) is 1. The van der Waals surface area contributed by atoms with Gasteiger partial charge in [0.25, 0.3) is 0 Å². The lowest BCUT2D eigenvalue weighted by molar-refractivity contribution is -0.204. The van der Waals surface area contributed by atoms with Crippen LogP contribution in [0.15, 0.2) is 22.7 Å². The summed E-state index contributed by atoms with van der Waals surface area (Å²) in [6, 6.07) is 4.70. The lowest BCUT2D eigenvalue weighted by atomic mass is 9.98. The van der Waals surface area contributed by atoms with Gasteiger partial charge in [-0.15, -0.1) is 0 Å². The van der Waals surface area contributed by atoms with E-state index in [4.69, 9.17) is 5.73 Å². The van der Waals surface area contributed by atoms with Crippen LogP contribution in [0.5, 0.6) is 0 Å². The van der Waals surface area contributed by atoms with Crippen molar-refractivity contribution in [2.45, 2.75) is 30.9 Å². The smallest absolute Gasteiger partial charge is 0.438 e. The zero-order chi connectivity index (χ0) is 19.0. The number of carbonyl (C=O) groups is 1. The van der Waals surface area contributed by atoms with Crippen LogP contribution in [0.3, 0.4) is 0 Å². The number of halogens is 7. The number of alkyl halides is 6. The second-order valence-electron chi connectivity index (χ2n) is 5.54. The van der Waals surface area contributed by atoms with Gasteiger partial charge in [0.15, 0.2) is 6.23 Å². The topological polar surface area (TPSA) is 55.6 Å². The third-order valence-electron chi connectivity index (χ3n) is 3.59. The Labute approximate surface area is 147 Å². The first-order valence-electron chi connectivity index (χ1n) is 7.02. The first-order chi connectivity index (χ1) is 11.4. The zero-order valence-electron chi connectivity index (χ0n) is 12.5. The summed E-state index contributed by atoms with van der Waals surface area (Å²) in [5.41, 5.74) is 6.20. The Kier molecular flexibility index (Phi) is 5.57. The number of fused-ring (bicyclic) bond motifs is 1. The summed E-state index contributed by atoms with van der Waals surface area (Å²) in [6.45, 7) is -0.464. The number of hydrogen-bond donors (Lipinski definition) is 1. The van der Waals surface area contributed by atoms with Crippen LogP contribution in [-0.2, 0) is 9.53 Å². The van der Waals surface area contributed by atoms with Gasteiger partial charge in [-0.1, -0.05) is 22.0 Å². The van der Waals surface area contributed by atoms with Crippen LogP contribution in [0.2, 0.25) is 0 Å². The van der Waals surface area contributed by atoms with Crippen molar-refractivity contribution in [3.63, 3.8) is 0 Å². The SMILES string of the molecule is NC(CN1CC(CC(F)(F)F)c2c(Br)cccc21)OC(=O)C(F)(F)F. The summed E-state index contributed by atoms with van der Waals surface area (Å²) >= 11 is 3.20. The molecule has 11 heteroatoms. The Morgan fingerprint density at radius 1 is 1.32 bits per heavy atom. The number of esters is 1. The summed E-state index contributed by atoms with van der Waals surface area (Å²) in [4.78, 5) is 12.2. The molecule has 0 fully saturated rings. The molecule has 0 aliphatic carbocycles. The fourth-order valence-corrected chi connectivity index (χ4v) is 3.42. The van der Waals surface area contributed by atoms with E-state index >= 15 is 0 Å². The van der Waals surface area contributed by atoms with E-state index in [0.29, 0.717) is 15.7 Å². The molecule has 0 saturated carbocycles. The largest absolute Gasteiger partial charge is 0.490 e. The van der Waals surface area contributed by atoms with E-state index in [0.717, 1.165) is 0 Å². The van der Waals surface area contributed by atoms with Gasteiger partial charge < -0.3 is 9.64 Å². The van der Waals surface area contributed by atoms with Crippen LogP contribution in [0.4, 0.5) is 32.0 Å². The molecule has 2 unspecified atom stereocenters. The molecule has 0 saturated heterocycles. The van der Waals surface area contributed by atoms with Crippen molar-refractivity contribution in [1.82, 2.24) is 0 Å². The van der Waals surface area contributed by atoms with Gasteiger partial charge in [-0.2, -0.15) is 26.3 Å². The molecule has 0 radical (unpaired) electrons. The van der Waals surface area contributed by atoms with Gasteiger partial charge in [0.1, 0.15) is 0 Å². The van der Waals surface area contributed by atoms with Crippen molar-refractivity contribution >= 4 is 27.6 Å². The molecule has 0 aromatic heterocycles. The molecule has 140 valence electrons. The predicted octanol–water partition coefficient (Wildman–Crippen LogP) is 3.70. The molecule has 0 bridgehead atoms. The molecule has 1 aromatic carbocycles. The minimum Gasteiger partial charge on any atom is -0.438 e. The van der Waals surface area contributed by atoms with Crippen LogP contribution in [-0.4, -0.2) is 37.6 Å². The molecule has 1 aliphatic heterocycles. The minimum absolute atomic E-state index is 0.102.